The van der Waals surface area contributed by atoms with Crippen LogP contribution < -0.4 is 16.6 Å². The Morgan fingerprint density at radius 1 is 1.40 bits per heavy atom. The van der Waals surface area contributed by atoms with Crippen molar-refractivity contribution < 1.29 is 14.3 Å². The van der Waals surface area contributed by atoms with Crippen LogP contribution in [0.15, 0.2) is 0 Å². The van der Waals surface area contributed by atoms with Crippen LogP contribution in [0.5, 0.6) is 0 Å². The van der Waals surface area contributed by atoms with Crippen molar-refractivity contribution in [2.45, 2.75) is 19.3 Å². The molecule has 1 aliphatic carbocycles. The fraction of sp³-hybridized carbons (Fsp3) is 0.778. The van der Waals surface area contributed by atoms with Gasteiger partial charge in [-0.15, -0.1) is 0 Å². The normalized spacial score (nSPS) is 16.9. The number of hydrazine groups is 1. The smallest absolute Gasteiger partial charge is 0.323 e. The lowest BCUT2D eigenvalue weighted by Crippen LogP contribution is -2.44. The number of rotatable bonds is 5. The Hall–Kier alpha value is -1.14. The van der Waals surface area contributed by atoms with Crippen LogP contribution in [0, 0.1) is 5.41 Å². The summed E-state index contributed by atoms with van der Waals surface area (Å²) in [6, 6.07) is 0. The van der Waals surface area contributed by atoms with Crippen molar-refractivity contribution in [2.75, 3.05) is 20.3 Å². The number of ether oxygens (including phenoxy) is 1. The van der Waals surface area contributed by atoms with Gasteiger partial charge >= 0.3 is 11.8 Å². The minimum atomic E-state index is -0.808. The van der Waals surface area contributed by atoms with E-state index in [4.69, 9.17) is 10.6 Å². The van der Waals surface area contributed by atoms with Gasteiger partial charge in [-0.2, -0.15) is 0 Å². The molecule has 2 amide bonds. The Morgan fingerprint density at radius 2 is 2.07 bits per heavy atom. The van der Waals surface area contributed by atoms with Gasteiger partial charge in [-0.05, 0) is 24.7 Å². The monoisotopic (exact) mass is 215 g/mol. The molecule has 0 aliphatic heterocycles. The summed E-state index contributed by atoms with van der Waals surface area (Å²) in [7, 11) is 1.65. The minimum Gasteiger partial charge on any atom is -0.385 e. The number of nitrogens with two attached hydrogens (primary N) is 1. The van der Waals surface area contributed by atoms with Crippen molar-refractivity contribution in [3.8, 4) is 0 Å². The molecule has 0 saturated heterocycles. The number of carbonyl (C=O) groups excluding carboxylic acids is 2. The molecule has 15 heavy (non-hydrogen) atoms. The lowest BCUT2D eigenvalue weighted by Gasteiger charge is -2.14. The summed E-state index contributed by atoms with van der Waals surface area (Å²) in [5.41, 5.74) is 1.93. The minimum absolute atomic E-state index is 0.139. The molecule has 6 heteroatoms. The molecule has 0 spiro atoms. The molecule has 0 radical (unpaired) electrons. The van der Waals surface area contributed by atoms with Crippen LogP contribution in [0.2, 0.25) is 0 Å². The molecule has 0 aromatic carbocycles. The Labute approximate surface area is 88.5 Å². The Kier molecular flexibility index (Phi) is 4.05. The van der Waals surface area contributed by atoms with Crippen molar-refractivity contribution in [3.05, 3.63) is 0 Å². The third kappa shape index (κ3) is 3.49. The summed E-state index contributed by atoms with van der Waals surface area (Å²) in [5.74, 6) is 3.34. The average molecular weight is 215 g/mol. The Balaban J connectivity index is 2.24. The van der Waals surface area contributed by atoms with Crippen molar-refractivity contribution in [1.29, 1.82) is 0 Å². The zero-order chi connectivity index (χ0) is 11.3. The van der Waals surface area contributed by atoms with Gasteiger partial charge in [-0.1, -0.05) is 0 Å². The zero-order valence-electron chi connectivity index (χ0n) is 8.84. The fourth-order valence-corrected chi connectivity index (χ4v) is 1.42. The standard InChI is InChI=1S/C9H17N3O3/c1-15-5-4-9(2-3-9)6-11-7(13)8(14)12-10/h2-6,10H2,1H3,(H,11,13)(H,12,14). The van der Waals surface area contributed by atoms with Gasteiger partial charge in [0.1, 0.15) is 0 Å². The largest absolute Gasteiger partial charge is 0.385 e. The first-order chi connectivity index (χ1) is 7.13. The molecular formula is C9H17N3O3. The van der Waals surface area contributed by atoms with Crippen molar-refractivity contribution >= 4 is 11.8 Å². The lowest BCUT2D eigenvalue weighted by molar-refractivity contribution is -0.139. The van der Waals surface area contributed by atoms with Gasteiger partial charge in [0, 0.05) is 20.3 Å². The second-order valence-electron chi connectivity index (χ2n) is 3.90. The molecule has 4 N–H and O–H groups in total. The summed E-state index contributed by atoms with van der Waals surface area (Å²) in [5, 5.41) is 2.56. The molecule has 1 rings (SSSR count). The highest BCUT2D eigenvalue weighted by Gasteiger charge is 2.42. The molecule has 6 nitrogen and oxygen atoms in total. The van der Waals surface area contributed by atoms with Gasteiger partial charge in [-0.25, -0.2) is 5.84 Å². The topological polar surface area (TPSA) is 93.4 Å². The fourth-order valence-electron chi connectivity index (χ4n) is 1.42. The number of carbonyl (C=O) groups is 2. The van der Waals surface area contributed by atoms with E-state index in [1.165, 1.54) is 0 Å². The number of amides is 2. The lowest BCUT2D eigenvalue weighted by atomic mass is 10.0. The number of hydrogen-bond donors (Lipinski definition) is 3. The van der Waals surface area contributed by atoms with Crippen LogP contribution in [0.1, 0.15) is 19.3 Å². The van der Waals surface area contributed by atoms with Gasteiger partial charge in [0.2, 0.25) is 0 Å². The van der Waals surface area contributed by atoms with Gasteiger partial charge in [0.25, 0.3) is 0 Å². The molecule has 0 unspecified atom stereocenters. The highest BCUT2D eigenvalue weighted by molar-refractivity contribution is 6.34. The van der Waals surface area contributed by atoms with Gasteiger partial charge < -0.3 is 10.1 Å². The van der Waals surface area contributed by atoms with E-state index < -0.39 is 11.8 Å². The highest BCUT2D eigenvalue weighted by atomic mass is 16.5. The predicted octanol–water partition coefficient (Wildman–Crippen LogP) is -1.09. The number of methoxy groups -OCH3 is 1. The van der Waals surface area contributed by atoms with Crippen molar-refractivity contribution in [1.82, 2.24) is 10.7 Å². The van der Waals surface area contributed by atoms with E-state index in [0.717, 1.165) is 19.3 Å². The maximum atomic E-state index is 11.1. The van der Waals surface area contributed by atoms with E-state index in [-0.39, 0.29) is 5.41 Å². The second-order valence-corrected chi connectivity index (χ2v) is 3.90. The number of nitrogens with one attached hydrogen (secondary N) is 2. The molecule has 0 aromatic heterocycles. The molecule has 0 atom stereocenters. The summed E-state index contributed by atoms with van der Waals surface area (Å²) in [6.45, 7) is 1.20. The molecule has 86 valence electrons. The molecule has 1 saturated carbocycles. The van der Waals surface area contributed by atoms with E-state index in [1.54, 1.807) is 12.5 Å². The van der Waals surface area contributed by atoms with Gasteiger partial charge in [-0.3, -0.25) is 15.0 Å². The second kappa shape index (κ2) is 5.09. The quantitative estimate of drug-likeness (QED) is 0.235. The van der Waals surface area contributed by atoms with Crippen molar-refractivity contribution in [2.24, 2.45) is 11.3 Å². The maximum Gasteiger partial charge on any atom is 0.323 e. The Bertz CT molecular complexity index is 251. The first-order valence-electron chi connectivity index (χ1n) is 4.91. The summed E-state index contributed by atoms with van der Waals surface area (Å²) in [6.07, 6.45) is 3.05. The van der Waals surface area contributed by atoms with Crippen molar-refractivity contribution in [3.63, 3.8) is 0 Å². The first-order valence-corrected chi connectivity index (χ1v) is 4.91. The van der Waals surface area contributed by atoms with Gasteiger partial charge in [0.05, 0.1) is 0 Å². The summed E-state index contributed by atoms with van der Waals surface area (Å²) >= 11 is 0. The van der Waals surface area contributed by atoms with Crippen LogP contribution >= 0.6 is 0 Å². The molecule has 0 heterocycles. The third-order valence-electron chi connectivity index (χ3n) is 2.75. The highest BCUT2D eigenvalue weighted by Crippen LogP contribution is 2.48. The van der Waals surface area contributed by atoms with E-state index in [9.17, 15) is 9.59 Å². The number of hydrogen-bond acceptors (Lipinski definition) is 4. The molecule has 0 aromatic rings. The summed E-state index contributed by atoms with van der Waals surface area (Å²) < 4.78 is 4.98. The van der Waals surface area contributed by atoms with Gasteiger partial charge in [0.15, 0.2) is 0 Å². The van der Waals surface area contributed by atoms with E-state index in [0.29, 0.717) is 13.2 Å². The molecular weight excluding hydrogens is 198 g/mol. The van der Waals surface area contributed by atoms with E-state index >= 15 is 0 Å². The van der Waals surface area contributed by atoms with E-state index in [1.807, 2.05) is 0 Å². The maximum absolute atomic E-state index is 11.1. The van der Waals surface area contributed by atoms with Crippen LogP contribution in [0.4, 0.5) is 0 Å². The SMILES string of the molecule is COCCC1(CNC(=O)C(=O)NN)CC1. The van der Waals surface area contributed by atoms with Crippen LogP contribution in [0.25, 0.3) is 0 Å². The predicted molar refractivity (Wildman–Crippen MR) is 53.5 cm³/mol. The first kappa shape index (κ1) is 11.9. The molecule has 1 fully saturated rings. The van der Waals surface area contributed by atoms with Crippen LogP contribution in [-0.2, 0) is 14.3 Å². The Morgan fingerprint density at radius 3 is 2.53 bits per heavy atom. The van der Waals surface area contributed by atoms with Crippen LogP contribution in [0.3, 0.4) is 0 Å². The van der Waals surface area contributed by atoms with E-state index in [2.05, 4.69) is 5.32 Å². The van der Waals surface area contributed by atoms with Crippen LogP contribution in [-0.4, -0.2) is 32.1 Å². The molecule has 1 aliphatic rings. The average Bonchev–Trinajstić information content (AvgIpc) is 3.03. The summed E-state index contributed by atoms with van der Waals surface area (Å²) in [4.78, 5) is 21.9. The zero-order valence-corrected chi connectivity index (χ0v) is 8.84. The molecule has 0 bridgehead atoms. The third-order valence-corrected chi connectivity index (χ3v) is 2.75.